The largest absolute Gasteiger partial charge is 0.516 e. The zero-order chi connectivity index (χ0) is 20.8. The highest BCUT2D eigenvalue weighted by Gasteiger charge is 2.62. The van der Waals surface area contributed by atoms with Crippen molar-refractivity contribution in [3.8, 4) is 0 Å². The fourth-order valence-corrected chi connectivity index (χ4v) is 8.91. The Balaban J connectivity index is 1.49. The minimum absolute atomic E-state index is 0.366. The smallest absolute Gasteiger partial charge is 0.136 e. The van der Waals surface area contributed by atoms with Crippen molar-refractivity contribution in [2.24, 2.45) is 46.3 Å². The molecule has 1 unspecified atom stereocenters. The Hall–Kier alpha value is -0.790. The molecule has 1 N–H and O–H groups in total. The average molecular weight is 401 g/mol. The number of rotatable bonds is 5. The second-order valence-electron chi connectivity index (χ2n) is 11.9. The molecule has 4 aliphatic carbocycles. The van der Waals surface area contributed by atoms with Crippen LogP contribution in [0.3, 0.4) is 0 Å². The molecule has 0 spiro atoms. The number of fused-ring (bicyclic) bond motifs is 5. The van der Waals surface area contributed by atoms with Crippen molar-refractivity contribution in [1.82, 2.24) is 0 Å². The average Bonchev–Trinajstić information content (AvgIpc) is 3.05. The standard InChI is InChI=1S/C27H44O2/c1-18(17-28)8-7-9-19(2)21-11-12-22-25-23(13-15-27(21,22)4)26(3)14-6-5-10-20(26)16-24(25)29/h17,19-23,25,28H,5-16H2,1-4H3/t19-,20?,21-,22+,23+,25+,26+,27-/m1/s1. The maximum Gasteiger partial charge on any atom is 0.136 e. The van der Waals surface area contributed by atoms with Crippen molar-refractivity contribution >= 4 is 5.78 Å². The minimum atomic E-state index is 0.366. The molecule has 4 rings (SSSR count). The van der Waals surface area contributed by atoms with Gasteiger partial charge in [-0.25, -0.2) is 0 Å². The van der Waals surface area contributed by atoms with E-state index in [0.29, 0.717) is 40.3 Å². The molecular weight excluding hydrogens is 356 g/mol. The summed E-state index contributed by atoms with van der Waals surface area (Å²) in [6, 6.07) is 0. The molecule has 0 aromatic carbocycles. The van der Waals surface area contributed by atoms with E-state index in [4.69, 9.17) is 5.11 Å². The van der Waals surface area contributed by atoms with Gasteiger partial charge in [-0.1, -0.05) is 40.0 Å². The molecule has 0 aliphatic heterocycles. The Labute approximate surface area is 178 Å². The van der Waals surface area contributed by atoms with Crippen molar-refractivity contribution in [3.05, 3.63) is 11.8 Å². The lowest BCUT2D eigenvalue weighted by Gasteiger charge is -2.60. The zero-order valence-electron chi connectivity index (χ0n) is 19.4. The van der Waals surface area contributed by atoms with Crippen molar-refractivity contribution in [2.45, 2.75) is 105 Å². The van der Waals surface area contributed by atoms with Crippen LogP contribution in [0.2, 0.25) is 0 Å². The van der Waals surface area contributed by atoms with Crippen LogP contribution in [0.1, 0.15) is 105 Å². The SMILES string of the molecule is CC(=CO)CCC[C@@H](C)[C@H]1CC[C@H]2[C@@H]3C(=O)CC4CCCC[C@]4(C)[C@H]3CC[C@]12C. The number of hydrogen-bond acceptors (Lipinski definition) is 2. The van der Waals surface area contributed by atoms with E-state index in [1.807, 2.05) is 6.92 Å². The first-order chi connectivity index (χ1) is 13.8. The van der Waals surface area contributed by atoms with Gasteiger partial charge in [-0.05, 0) is 104 Å². The molecule has 2 nitrogen and oxygen atoms in total. The molecule has 164 valence electrons. The number of aliphatic hydroxyl groups excluding tert-OH is 1. The molecular formula is C27H44O2. The molecule has 4 fully saturated rings. The van der Waals surface area contributed by atoms with Crippen LogP contribution in [-0.2, 0) is 4.79 Å². The first-order valence-corrected chi connectivity index (χ1v) is 12.6. The number of ketones is 1. The van der Waals surface area contributed by atoms with Crippen LogP contribution in [0.25, 0.3) is 0 Å². The van der Waals surface area contributed by atoms with E-state index in [0.717, 1.165) is 30.3 Å². The van der Waals surface area contributed by atoms with Gasteiger partial charge < -0.3 is 5.11 Å². The first kappa shape index (κ1) is 21.4. The Morgan fingerprint density at radius 3 is 2.62 bits per heavy atom. The second kappa shape index (κ2) is 8.04. The summed E-state index contributed by atoms with van der Waals surface area (Å²) in [5.74, 6) is 4.49. The van der Waals surface area contributed by atoms with Gasteiger partial charge in [0.2, 0.25) is 0 Å². The third-order valence-electron chi connectivity index (χ3n) is 10.6. The molecule has 0 amide bonds. The lowest BCUT2D eigenvalue weighted by Crippen LogP contribution is -2.56. The lowest BCUT2D eigenvalue weighted by molar-refractivity contribution is -0.156. The third kappa shape index (κ3) is 3.51. The first-order valence-electron chi connectivity index (χ1n) is 12.6. The van der Waals surface area contributed by atoms with Crippen LogP contribution in [-0.4, -0.2) is 10.9 Å². The van der Waals surface area contributed by atoms with E-state index in [-0.39, 0.29) is 0 Å². The van der Waals surface area contributed by atoms with E-state index in [1.165, 1.54) is 70.5 Å². The topological polar surface area (TPSA) is 37.3 Å². The predicted molar refractivity (Wildman–Crippen MR) is 120 cm³/mol. The predicted octanol–water partition coefficient (Wildman–Crippen LogP) is 7.48. The van der Waals surface area contributed by atoms with Gasteiger partial charge in [-0.15, -0.1) is 0 Å². The van der Waals surface area contributed by atoms with Gasteiger partial charge in [-0.3, -0.25) is 4.79 Å². The normalized spacial score (nSPS) is 46.0. The molecule has 2 heteroatoms. The maximum atomic E-state index is 13.4. The summed E-state index contributed by atoms with van der Waals surface area (Å²) in [6.45, 7) is 9.61. The van der Waals surface area contributed by atoms with E-state index >= 15 is 0 Å². The van der Waals surface area contributed by atoms with Crippen molar-refractivity contribution in [1.29, 1.82) is 0 Å². The van der Waals surface area contributed by atoms with Gasteiger partial charge in [0.1, 0.15) is 5.78 Å². The van der Waals surface area contributed by atoms with Crippen LogP contribution in [0.5, 0.6) is 0 Å². The quantitative estimate of drug-likeness (QED) is 0.486. The van der Waals surface area contributed by atoms with E-state index in [2.05, 4.69) is 20.8 Å². The van der Waals surface area contributed by atoms with Crippen LogP contribution < -0.4 is 0 Å². The minimum Gasteiger partial charge on any atom is -0.516 e. The Morgan fingerprint density at radius 1 is 1.10 bits per heavy atom. The molecule has 0 radical (unpaired) electrons. The summed E-state index contributed by atoms with van der Waals surface area (Å²) in [4.78, 5) is 13.4. The summed E-state index contributed by atoms with van der Waals surface area (Å²) in [5, 5.41) is 9.15. The maximum absolute atomic E-state index is 13.4. The third-order valence-corrected chi connectivity index (χ3v) is 10.6. The van der Waals surface area contributed by atoms with Crippen molar-refractivity contribution in [2.75, 3.05) is 0 Å². The van der Waals surface area contributed by atoms with Crippen LogP contribution >= 0.6 is 0 Å². The number of carbonyl (C=O) groups excluding carboxylic acids is 1. The van der Waals surface area contributed by atoms with E-state index < -0.39 is 0 Å². The number of aliphatic hydroxyl groups is 1. The Bertz CT molecular complexity index is 651. The monoisotopic (exact) mass is 400 g/mol. The number of carbonyl (C=O) groups is 1. The fraction of sp³-hybridized carbons (Fsp3) is 0.889. The second-order valence-corrected chi connectivity index (χ2v) is 11.9. The summed E-state index contributed by atoms with van der Waals surface area (Å²) in [7, 11) is 0. The highest BCUT2D eigenvalue weighted by atomic mass is 16.2. The summed E-state index contributed by atoms with van der Waals surface area (Å²) in [5.41, 5.74) is 1.91. The summed E-state index contributed by atoms with van der Waals surface area (Å²) >= 11 is 0. The number of hydrogen-bond donors (Lipinski definition) is 1. The van der Waals surface area contributed by atoms with Crippen LogP contribution in [0, 0.1) is 46.3 Å². The van der Waals surface area contributed by atoms with Gasteiger partial charge in [0.05, 0.1) is 6.26 Å². The van der Waals surface area contributed by atoms with E-state index in [9.17, 15) is 4.79 Å². The van der Waals surface area contributed by atoms with E-state index in [1.54, 1.807) is 0 Å². The Kier molecular flexibility index (Phi) is 5.95. The molecule has 0 saturated heterocycles. The van der Waals surface area contributed by atoms with Crippen molar-refractivity contribution in [3.63, 3.8) is 0 Å². The number of allylic oxidation sites excluding steroid dienone is 1. The van der Waals surface area contributed by atoms with Gasteiger partial charge >= 0.3 is 0 Å². The van der Waals surface area contributed by atoms with Crippen LogP contribution in [0.4, 0.5) is 0 Å². The summed E-state index contributed by atoms with van der Waals surface area (Å²) < 4.78 is 0. The molecule has 29 heavy (non-hydrogen) atoms. The molecule has 4 saturated carbocycles. The number of Topliss-reactive ketones (excluding diaryl/α,β-unsaturated/α-hetero) is 1. The van der Waals surface area contributed by atoms with Gasteiger partial charge in [0.15, 0.2) is 0 Å². The highest BCUT2D eigenvalue weighted by molar-refractivity contribution is 5.83. The van der Waals surface area contributed by atoms with Gasteiger partial charge in [0.25, 0.3) is 0 Å². The molecule has 0 aromatic rings. The molecule has 8 atom stereocenters. The molecule has 0 aromatic heterocycles. The Morgan fingerprint density at radius 2 is 1.86 bits per heavy atom. The van der Waals surface area contributed by atoms with Gasteiger partial charge in [-0.2, -0.15) is 0 Å². The lowest BCUT2D eigenvalue weighted by atomic mass is 9.44. The molecule has 0 bridgehead atoms. The highest BCUT2D eigenvalue weighted by Crippen LogP contribution is 2.67. The van der Waals surface area contributed by atoms with Gasteiger partial charge in [0, 0.05) is 12.3 Å². The van der Waals surface area contributed by atoms with Crippen LogP contribution in [0.15, 0.2) is 11.8 Å². The molecule has 4 aliphatic rings. The fourth-order valence-electron chi connectivity index (χ4n) is 8.91. The molecule has 0 heterocycles. The zero-order valence-corrected chi connectivity index (χ0v) is 19.4. The summed E-state index contributed by atoms with van der Waals surface area (Å²) in [6.07, 6.45) is 16.2. The van der Waals surface area contributed by atoms with Crippen molar-refractivity contribution < 1.29 is 9.90 Å².